The number of anilines is 1. The van der Waals surface area contributed by atoms with Crippen LogP contribution in [0.1, 0.15) is 10.4 Å². The number of thiazole rings is 1. The van der Waals surface area contributed by atoms with E-state index in [-0.39, 0.29) is 11.4 Å². The van der Waals surface area contributed by atoms with Crippen LogP contribution in [-0.4, -0.2) is 49.2 Å². The lowest BCUT2D eigenvalue weighted by Crippen LogP contribution is -2.36. The molecule has 0 atom stereocenters. The van der Waals surface area contributed by atoms with Crippen LogP contribution in [0.2, 0.25) is 0 Å². The number of carbonyl (C=O) groups excluding carboxylic acids is 1. The molecule has 3 aromatic rings. The second-order valence-corrected chi connectivity index (χ2v) is 8.11. The van der Waals surface area contributed by atoms with Crippen LogP contribution >= 0.6 is 23.1 Å². The van der Waals surface area contributed by atoms with Crippen LogP contribution in [0, 0.1) is 11.6 Å². The normalized spacial score (nSPS) is 11.3. The zero-order valence-corrected chi connectivity index (χ0v) is 16.8. The van der Waals surface area contributed by atoms with Gasteiger partial charge in [0.25, 0.3) is 5.91 Å². The number of benzene rings is 2. The summed E-state index contributed by atoms with van der Waals surface area (Å²) in [5.74, 6) is -1.60. The second kappa shape index (κ2) is 8.33. The van der Waals surface area contributed by atoms with Gasteiger partial charge in [0.2, 0.25) is 0 Å². The Kier molecular flexibility index (Phi) is 6.08. The fourth-order valence-corrected chi connectivity index (χ4v) is 3.97. The van der Waals surface area contributed by atoms with Crippen molar-refractivity contribution in [2.24, 2.45) is 0 Å². The molecule has 0 fully saturated rings. The van der Waals surface area contributed by atoms with Gasteiger partial charge in [-0.25, -0.2) is 13.8 Å². The highest BCUT2D eigenvalue weighted by Gasteiger charge is 2.22. The van der Waals surface area contributed by atoms with E-state index < -0.39 is 11.6 Å². The monoisotopic (exact) mass is 407 g/mol. The van der Waals surface area contributed by atoms with E-state index in [4.69, 9.17) is 0 Å². The summed E-state index contributed by atoms with van der Waals surface area (Å²) in [7, 11) is 3.81. The average molecular weight is 408 g/mol. The molecule has 0 saturated heterocycles. The molecule has 0 aliphatic heterocycles. The maximum Gasteiger partial charge on any atom is 0.260 e. The molecule has 1 aromatic heterocycles. The number of rotatable bonds is 6. The van der Waals surface area contributed by atoms with E-state index in [1.165, 1.54) is 11.0 Å². The topological polar surface area (TPSA) is 36.4 Å². The number of nitrogens with zero attached hydrogens (tertiary/aromatic N) is 3. The molecule has 142 valence electrons. The lowest BCUT2D eigenvalue weighted by Gasteiger charge is -2.22. The molecule has 0 spiro atoms. The number of amides is 1. The summed E-state index contributed by atoms with van der Waals surface area (Å²) in [5, 5.41) is 0.357. The summed E-state index contributed by atoms with van der Waals surface area (Å²) in [6, 6.07) is 9.35. The van der Waals surface area contributed by atoms with Crippen LogP contribution < -0.4 is 4.90 Å². The van der Waals surface area contributed by atoms with E-state index in [2.05, 4.69) is 4.98 Å². The molecule has 1 amide bonds. The Morgan fingerprint density at radius 1 is 1.15 bits per heavy atom. The van der Waals surface area contributed by atoms with Gasteiger partial charge in [-0.05, 0) is 50.7 Å². The van der Waals surface area contributed by atoms with Gasteiger partial charge >= 0.3 is 0 Å². The van der Waals surface area contributed by atoms with Crippen LogP contribution in [0.4, 0.5) is 13.9 Å². The molecule has 4 nitrogen and oxygen atoms in total. The molecular formula is C19H19F2N3OS2. The maximum absolute atomic E-state index is 14.0. The Morgan fingerprint density at radius 2 is 1.85 bits per heavy atom. The minimum Gasteiger partial charge on any atom is -0.308 e. The number of likely N-dealkylation sites (N-methyl/N-ethyl adjacent to an activating group) is 1. The Bertz CT molecular complexity index is 957. The van der Waals surface area contributed by atoms with Gasteiger partial charge in [0.15, 0.2) is 10.9 Å². The standard InChI is InChI=1S/C19H19F2N3OS2/c1-23(2)8-9-24(18(25)12-4-6-14(26-3)7-5-12)19-22-17-15(21)10-13(20)11-16(17)27-19/h4-7,10-11H,8-9H2,1-3H3. The van der Waals surface area contributed by atoms with Gasteiger partial charge in [0.05, 0.1) is 4.70 Å². The Labute approximate surface area is 164 Å². The van der Waals surface area contributed by atoms with Crippen molar-refractivity contribution >= 4 is 44.4 Å². The van der Waals surface area contributed by atoms with E-state index in [9.17, 15) is 13.6 Å². The van der Waals surface area contributed by atoms with Gasteiger partial charge < -0.3 is 4.90 Å². The molecule has 0 radical (unpaired) electrons. The number of hydrogen-bond acceptors (Lipinski definition) is 5. The van der Waals surface area contributed by atoms with Gasteiger partial charge in [0.1, 0.15) is 11.3 Å². The molecule has 0 aliphatic carbocycles. The van der Waals surface area contributed by atoms with E-state index >= 15 is 0 Å². The van der Waals surface area contributed by atoms with Crippen molar-refractivity contribution in [3.8, 4) is 0 Å². The van der Waals surface area contributed by atoms with Crippen LogP contribution in [0.25, 0.3) is 10.2 Å². The Hall–Kier alpha value is -2.03. The summed E-state index contributed by atoms with van der Waals surface area (Å²) in [5.41, 5.74) is 0.606. The van der Waals surface area contributed by atoms with Crippen molar-refractivity contribution < 1.29 is 13.6 Å². The lowest BCUT2D eigenvalue weighted by molar-refractivity contribution is 0.0985. The van der Waals surface area contributed by atoms with Crippen LogP contribution in [-0.2, 0) is 0 Å². The average Bonchev–Trinajstić information content (AvgIpc) is 3.05. The largest absolute Gasteiger partial charge is 0.308 e. The highest BCUT2D eigenvalue weighted by atomic mass is 32.2. The van der Waals surface area contributed by atoms with Gasteiger partial charge in [-0.1, -0.05) is 11.3 Å². The van der Waals surface area contributed by atoms with E-state index in [0.29, 0.717) is 28.5 Å². The number of halogens is 2. The van der Waals surface area contributed by atoms with Crippen molar-refractivity contribution in [3.05, 3.63) is 53.6 Å². The molecule has 0 N–H and O–H groups in total. The summed E-state index contributed by atoms with van der Waals surface area (Å²) >= 11 is 2.70. The van der Waals surface area contributed by atoms with Gasteiger partial charge in [0, 0.05) is 29.6 Å². The predicted octanol–water partition coefficient (Wildman–Crippen LogP) is 4.50. The number of hydrogen-bond donors (Lipinski definition) is 0. The molecule has 0 saturated carbocycles. The third-order valence-electron chi connectivity index (χ3n) is 3.99. The molecule has 8 heteroatoms. The molecule has 0 unspecified atom stereocenters. The fourth-order valence-electron chi connectivity index (χ4n) is 2.53. The zero-order chi connectivity index (χ0) is 19.6. The van der Waals surface area contributed by atoms with Crippen molar-refractivity contribution in [2.75, 3.05) is 38.3 Å². The molecule has 0 aliphatic rings. The first kappa shape index (κ1) is 19.7. The van der Waals surface area contributed by atoms with Crippen molar-refractivity contribution in [1.82, 2.24) is 9.88 Å². The maximum atomic E-state index is 14.0. The van der Waals surface area contributed by atoms with Crippen LogP contribution in [0.5, 0.6) is 0 Å². The third kappa shape index (κ3) is 4.45. The minimum absolute atomic E-state index is 0.0804. The van der Waals surface area contributed by atoms with Gasteiger partial charge in [-0.15, -0.1) is 11.8 Å². The Balaban J connectivity index is 1.99. The van der Waals surface area contributed by atoms with Crippen molar-refractivity contribution in [2.45, 2.75) is 4.90 Å². The third-order valence-corrected chi connectivity index (χ3v) is 5.75. The van der Waals surface area contributed by atoms with Crippen LogP contribution in [0.3, 0.4) is 0 Å². The van der Waals surface area contributed by atoms with Crippen LogP contribution in [0.15, 0.2) is 41.3 Å². The van der Waals surface area contributed by atoms with E-state index in [0.717, 1.165) is 22.3 Å². The van der Waals surface area contributed by atoms with E-state index in [1.807, 2.05) is 37.4 Å². The smallest absolute Gasteiger partial charge is 0.260 e. The van der Waals surface area contributed by atoms with Crippen molar-refractivity contribution in [1.29, 1.82) is 0 Å². The number of fused-ring (bicyclic) bond motifs is 1. The quantitative estimate of drug-likeness (QED) is 0.564. The minimum atomic E-state index is -0.725. The van der Waals surface area contributed by atoms with E-state index in [1.54, 1.807) is 23.9 Å². The highest BCUT2D eigenvalue weighted by molar-refractivity contribution is 7.98. The summed E-state index contributed by atoms with van der Waals surface area (Å²) in [4.78, 5) is 21.9. The zero-order valence-electron chi connectivity index (χ0n) is 15.2. The number of thioether (sulfide) groups is 1. The summed E-state index contributed by atoms with van der Waals surface area (Å²) in [6.07, 6.45) is 1.97. The molecule has 27 heavy (non-hydrogen) atoms. The lowest BCUT2D eigenvalue weighted by atomic mass is 10.2. The number of carbonyl (C=O) groups is 1. The summed E-state index contributed by atoms with van der Waals surface area (Å²) in [6.45, 7) is 1.00. The fraction of sp³-hybridized carbons (Fsp3) is 0.263. The molecule has 3 rings (SSSR count). The SMILES string of the molecule is CSc1ccc(C(=O)N(CCN(C)C)c2nc3c(F)cc(F)cc3s2)cc1. The first-order valence-corrected chi connectivity index (χ1v) is 10.3. The molecule has 1 heterocycles. The second-order valence-electron chi connectivity index (χ2n) is 6.22. The summed E-state index contributed by atoms with van der Waals surface area (Å²) < 4.78 is 27.9. The molecular weight excluding hydrogens is 388 g/mol. The van der Waals surface area contributed by atoms with Gasteiger partial charge in [-0.3, -0.25) is 9.69 Å². The highest BCUT2D eigenvalue weighted by Crippen LogP contribution is 2.32. The molecule has 0 bridgehead atoms. The first-order chi connectivity index (χ1) is 12.9. The molecule has 2 aromatic carbocycles. The Morgan fingerprint density at radius 3 is 2.48 bits per heavy atom. The number of aromatic nitrogens is 1. The van der Waals surface area contributed by atoms with Gasteiger partial charge in [-0.2, -0.15) is 0 Å². The predicted molar refractivity (Wildman–Crippen MR) is 108 cm³/mol. The first-order valence-electron chi connectivity index (χ1n) is 8.25. The van der Waals surface area contributed by atoms with Crippen molar-refractivity contribution in [3.63, 3.8) is 0 Å².